The molecule has 0 atom stereocenters. The van der Waals surface area contributed by atoms with Crippen LogP contribution >= 0.6 is 0 Å². The molecular weight excluding hydrogens is 442 g/mol. The lowest BCUT2D eigenvalue weighted by molar-refractivity contribution is 0.335. The zero-order valence-corrected chi connectivity index (χ0v) is 18.4. The first-order chi connectivity index (χ1) is 16.5. The molecule has 0 saturated carbocycles. The van der Waals surface area contributed by atoms with Crippen LogP contribution in [-0.4, -0.2) is 36.4 Å². The van der Waals surface area contributed by atoms with E-state index in [1.165, 1.54) is 18.3 Å². The standard InChI is InChI=1S/C24H22F2N6O2/c1-2-34-15-10-18(25)17(19(26)11-15)13-32-20-5-3-4-16(20)22(31-32)24-28-12-21(33)23(30-24)29-14-6-8-27-9-7-14/h6-12,33H,2-5,13H2,1H3,(H,27,28,29,30). The van der Waals surface area contributed by atoms with E-state index in [-0.39, 0.29) is 29.4 Å². The fourth-order valence-corrected chi connectivity index (χ4v) is 4.10. The number of nitrogens with one attached hydrogen (secondary N) is 1. The van der Waals surface area contributed by atoms with Crippen molar-refractivity contribution in [3.05, 3.63) is 71.3 Å². The molecule has 0 saturated heterocycles. The van der Waals surface area contributed by atoms with Gasteiger partial charge in [0.25, 0.3) is 0 Å². The van der Waals surface area contributed by atoms with Gasteiger partial charge in [-0.05, 0) is 38.3 Å². The molecule has 1 aliphatic carbocycles. The van der Waals surface area contributed by atoms with Gasteiger partial charge in [0.1, 0.15) is 23.1 Å². The average molecular weight is 464 g/mol. The number of anilines is 2. The number of hydrogen-bond acceptors (Lipinski definition) is 7. The molecule has 4 aromatic rings. The first-order valence-corrected chi connectivity index (χ1v) is 11.0. The van der Waals surface area contributed by atoms with Crippen LogP contribution in [0.5, 0.6) is 11.5 Å². The fourth-order valence-electron chi connectivity index (χ4n) is 4.10. The third kappa shape index (κ3) is 4.14. The van der Waals surface area contributed by atoms with E-state index in [2.05, 4.69) is 25.4 Å². The molecule has 0 fully saturated rings. The summed E-state index contributed by atoms with van der Waals surface area (Å²) in [5, 5.41) is 17.9. The minimum atomic E-state index is -0.683. The molecule has 2 N–H and O–H groups in total. The molecule has 0 amide bonds. The minimum Gasteiger partial charge on any atom is -0.503 e. The lowest BCUT2D eigenvalue weighted by Crippen LogP contribution is -2.10. The van der Waals surface area contributed by atoms with Crippen LogP contribution < -0.4 is 10.1 Å². The van der Waals surface area contributed by atoms with Crippen LogP contribution in [0.2, 0.25) is 0 Å². The van der Waals surface area contributed by atoms with Crippen molar-refractivity contribution in [2.75, 3.05) is 11.9 Å². The van der Waals surface area contributed by atoms with Gasteiger partial charge in [-0.2, -0.15) is 5.10 Å². The normalized spacial score (nSPS) is 12.6. The summed E-state index contributed by atoms with van der Waals surface area (Å²) in [5.74, 6) is -0.788. The van der Waals surface area contributed by atoms with Crippen LogP contribution in [0.3, 0.4) is 0 Å². The highest BCUT2D eigenvalue weighted by Crippen LogP contribution is 2.34. The predicted molar refractivity (Wildman–Crippen MR) is 121 cm³/mol. The van der Waals surface area contributed by atoms with Gasteiger partial charge in [-0.25, -0.2) is 18.7 Å². The topological polar surface area (TPSA) is 98.0 Å². The molecule has 3 aromatic heterocycles. The van der Waals surface area contributed by atoms with Crippen LogP contribution in [0.25, 0.3) is 11.5 Å². The van der Waals surface area contributed by atoms with Gasteiger partial charge in [0.05, 0.1) is 19.3 Å². The summed E-state index contributed by atoms with van der Waals surface area (Å²) in [7, 11) is 0. The van der Waals surface area contributed by atoms with E-state index >= 15 is 0 Å². The summed E-state index contributed by atoms with van der Waals surface area (Å²) in [6.07, 6.45) is 6.94. The van der Waals surface area contributed by atoms with Crippen molar-refractivity contribution < 1.29 is 18.6 Å². The van der Waals surface area contributed by atoms with Gasteiger partial charge < -0.3 is 15.2 Å². The van der Waals surface area contributed by atoms with Gasteiger partial charge in [-0.15, -0.1) is 0 Å². The van der Waals surface area contributed by atoms with E-state index in [1.54, 1.807) is 36.1 Å². The lowest BCUT2D eigenvalue weighted by Gasteiger charge is -2.10. The second-order valence-corrected chi connectivity index (χ2v) is 7.87. The van der Waals surface area contributed by atoms with E-state index in [9.17, 15) is 13.9 Å². The highest BCUT2D eigenvalue weighted by Gasteiger charge is 2.26. The number of nitrogens with zero attached hydrogens (tertiary/aromatic N) is 5. The zero-order chi connectivity index (χ0) is 23.7. The third-order valence-electron chi connectivity index (χ3n) is 5.66. The van der Waals surface area contributed by atoms with Gasteiger partial charge in [0, 0.05) is 47.0 Å². The Morgan fingerprint density at radius 2 is 1.91 bits per heavy atom. The number of ether oxygens (including phenoxy) is 1. The number of aromatic hydroxyl groups is 1. The molecule has 1 aromatic carbocycles. The molecule has 0 radical (unpaired) electrons. The second kappa shape index (κ2) is 9.05. The van der Waals surface area contributed by atoms with Crippen molar-refractivity contribution in [2.24, 2.45) is 0 Å². The van der Waals surface area contributed by atoms with Gasteiger partial charge in [-0.3, -0.25) is 9.67 Å². The molecule has 5 rings (SSSR count). The number of hydrogen-bond donors (Lipinski definition) is 2. The van der Waals surface area contributed by atoms with E-state index in [0.717, 1.165) is 30.5 Å². The Hall–Kier alpha value is -4.08. The predicted octanol–water partition coefficient (Wildman–Crippen LogP) is 4.40. The van der Waals surface area contributed by atoms with E-state index in [1.807, 2.05) is 0 Å². The summed E-state index contributed by atoms with van der Waals surface area (Å²) in [4.78, 5) is 12.7. The van der Waals surface area contributed by atoms with Crippen LogP contribution in [-0.2, 0) is 19.4 Å². The Balaban J connectivity index is 1.49. The first kappa shape index (κ1) is 21.7. The summed E-state index contributed by atoms with van der Waals surface area (Å²) in [5.41, 5.74) is 3.01. The van der Waals surface area contributed by atoms with Crippen LogP contribution in [0.4, 0.5) is 20.3 Å². The molecule has 34 heavy (non-hydrogen) atoms. The molecule has 0 unspecified atom stereocenters. The Kier molecular flexibility index (Phi) is 5.79. The molecular formula is C24H22F2N6O2. The Morgan fingerprint density at radius 1 is 1.15 bits per heavy atom. The monoisotopic (exact) mass is 464 g/mol. The van der Waals surface area contributed by atoms with Crippen LogP contribution in [0.15, 0.2) is 42.9 Å². The van der Waals surface area contributed by atoms with Gasteiger partial charge >= 0.3 is 0 Å². The maximum atomic E-state index is 14.7. The quantitative estimate of drug-likeness (QED) is 0.418. The largest absolute Gasteiger partial charge is 0.503 e. The van der Waals surface area contributed by atoms with E-state index in [4.69, 9.17) is 4.74 Å². The van der Waals surface area contributed by atoms with Crippen molar-refractivity contribution in [3.8, 4) is 23.0 Å². The highest BCUT2D eigenvalue weighted by molar-refractivity contribution is 5.65. The highest BCUT2D eigenvalue weighted by atomic mass is 19.1. The minimum absolute atomic E-state index is 0.0629. The Morgan fingerprint density at radius 3 is 2.65 bits per heavy atom. The van der Waals surface area contributed by atoms with Crippen LogP contribution in [0, 0.1) is 11.6 Å². The number of rotatable bonds is 7. The summed E-state index contributed by atoms with van der Waals surface area (Å²) in [6, 6.07) is 5.86. The van der Waals surface area contributed by atoms with Crippen molar-refractivity contribution >= 4 is 11.5 Å². The zero-order valence-electron chi connectivity index (χ0n) is 18.4. The molecule has 10 heteroatoms. The SMILES string of the molecule is CCOc1cc(F)c(Cn2nc(-c3ncc(O)c(Nc4ccncc4)n3)c3c2CCC3)c(F)c1. The first-order valence-electron chi connectivity index (χ1n) is 11.0. The molecule has 1 aliphatic rings. The maximum Gasteiger partial charge on any atom is 0.182 e. The van der Waals surface area contributed by atoms with Gasteiger partial charge in [-0.1, -0.05) is 0 Å². The number of halogens is 2. The Bertz CT molecular complexity index is 1320. The fraction of sp³-hybridized carbons (Fsp3) is 0.250. The van der Waals surface area contributed by atoms with Gasteiger partial charge in [0.2, 0.25) is 0 Å². The van der Waals surface area contributed by atoms with Gasteiger partial charge in [0.15, 0.2) is 17.4 Å². The summed E-state index contributed by atoms with van der Waals surface area (Å²) >= 11 is 0. The maximum absolute atomic E-state index is 14.7. The van der Waals surface area contributed by atoms with E-state index in [0.29, 0.717) is 23.8 Å². The Labute approximate surface area is 194 Å². The second-order valence-electron chi connectivity index (χ2n) is 7.87. The average Bonchev–Trinajstić information content (AvgIpc) is 3.42. The lowest BCUT2D eigenvalue weighted by atomic mass is 10.1. The number of pyridine rings is 1. The number of aromatic nitrogens is 5. The van der Waals surface area contributed by atoms with E-state index < -0.39 is 11.6 Å². The van der Waals surface area contributed by atoms with Crippen molar-refractivity contribution in [3.63, 3.8) is 0 Å². The van der Waals surface area contributed by atoms with Crippen molar-refractivity contribution in [1.29, 1.82) is 0 Å². The molecule has 174 valence electrons. The third-order valence-corrected chi connectivity index (χ3v) is 5.66. The smallest absolute Gasteiger partial charge is 0.182 e. The van der Waals surface area contributed by atoms with Crippen molar-refractivity contribution in [1.82, 2.24) is 24.7 Å². The molecule has 0 bridgehead atoms. The molecule has 3 heterocycles. The summed E-state index contributed by atoms with van der Waals surface area (Å²) in [6.45, 7) is 2.01. The number of fused-ring (bicyclic) bond motifs is 1. The van der Waals surface area contributed by atoms with Crippen molar-refractivity contribution in [2.45, 2.75) is 32.7 Å². The molecule has 8 nitrogen and oxygen atoms in total. The molecule has 0 aliphatic heterocycles. The molecule has 0 spiro atoms. The number of benzene rings is 1. The van der Waals surface area contributed by atoms with Crippen LogP contribution in [0.1, 0.15) is 30.2 Å². The summed E-state index contributed by atoms with van der Waals surface area (Å²) < 4.78 is 36.2.